The van der Waals surface area contributed by atoms with Gasteiger partial charge in [-0.1, -0.05) is 13.3 Å². The van der Waals surface area contributed by atoms with Crippen LogP contribution in [0.2, 0.25) is 0 Å². The van der Waals surface area contributed by atoms with Crippen LogP contribution in [0.3, 0.4) is 0 Å². The molecular weight excluding hydrogens is 186 g/mol. The molecule has 1 aromatic carbocycles. The molecule has 78 valence electrons. The summed E-state index contributed by atoms with van der Waals surface area (Å²) in [4.78, 5) is 0. The normalized spacial score (nSPS) is 12.9. The predicted octanol–water partition coefficient (Wildman–Crippen LogP) is 2.35. The van der Waals surface area contributed by atoms with Gasteiger partial charge in [-0.05, 0) is 12.5 Å². The maximum Gasteiger partial charge on any atom is 0.146 e. The number of benzene rings is 1. The van der Waals surface area contributed by atoms with Gasteiger partial charge in [-0.25, -0.2) is 8.78 Å². The predicted molar refractivity (Wildman–Crippen MR) is 52.6 cm³/mol. The van der Waals surface area contributed by atoms with Crippen molar-refractivity contribution in [1.82, 2.24) is 0 Å². The van der Waals surface area contributed by atoms with Gasteiger partial charge in [-0.3, -0.25) is 0 Å². The monoisotopic (exact) mass is 200 g/mol. The highest BCUT2D eigenvalue weighted by Gasteiger charge is 2.13. The molecule has 0 radical (unpaired) electrons. The highest BCUT2D eigenvalue weighted by atomic mass is 19.1. The Morgan fingerprint density at radius 1 is 1.29 bits per heavy atom. The van der Waals surface area contributed by atoms with E-state index < -0.39 is 17.7 Å². The fourth-order valence-electron chi connectivity index (χ4n) is 1.33. The number of nitrogens with two attached hydrogens (primary N) is 2. The van der Waals surface area contributed by atoms with Crippen molar-refractivity contribution >= 4 is 5.69 Å². The van der Waals surface area contributed by atoms with Crippen molar-refractivity contribution in [3.05, 3.63) is 29.3 Å². The van der Waals surface area contributed by atoms with Crippen molar-refractivity contribution in [3.8, 4) is 0 Å². The van der Waals surface area contributed by atoms with Crippen molar-refractivity contribution in [1.29, 1.82) is 0 Å². The molecule has 0 heterocycles. The summed E-state index contributed by atoms with van der Waals surface area (Å²) in [6.45, 7) is 1.94. The Kier molecular flexibility index (Phi) is 3.41. The lowest BCUT2D eigenvalue weighted by molar-refractivity contribution is 0.547. The molecule has 4 N–H and O–H groups in total. The maximum atomic E-state index is 13.3. The molecule has 0 fully saturated rings. The molecule has 1 atom stereocenters. The van der Waals surface area contributed by atoms with E-state index >= 15 is 0 Å². The van der Waals surface area contributed by atoms with Crippen molar-refractivity contribution in [3.63, 3.8) is 0 Å². The minimum Gasteiger partial charge on any atom is -0.396 e. The fraction of sp³-hybridized carbons (Fsp3) is 0.400. The van der Waals surface area contributed by atoms with Crippen LogP contribution in [0, 0.1) is 11.6 Å². The van der Waals surface area contributed by atoms with E-state index in [0.717, 1.165) is 18.6 Å². The zero-order chi connectivity index (χ0) is 10.7. The SMILES string of the molecule is CCCC(N)c1cc(F)c(N)cc1F. The zero-order valence-corrected chi connectivity index (χ0v) is 8.06. The van der Waals surface area contributed by atoms with Crippen LogP contribution in [0.15, 0.2) is 12.1 Å². The molecule has 0 amide bonds. The van der Waals surface area contributed by atoms with Crippen LogP contribution in [0.5, 0.6) is 0 Å². The fourth-order valence-corrected chi connectivity index (χ4v) is 1.33. The lowest BCUT2D eigenvalue weighted by Crippen LogP contribution is -2.12. The quantitative estimate of drug-likeness (QED) is 0.736. The Balaban J connectivity index is 3.02. The van der Waals surface area contributed by atoms with Crippen LogP contribution in [0.4, 0.5) is 14.5 Å². The van der Waals surface area contributed by atoms with Gasteiger partial charge in [0.2, 0.25) is 0 Å². The lowest BCUT2D eigenvalue weighted by atomic mass is 10.0. The van der Waals surface area contributed by atoms with Crippen LogP contribution in [-0.2, 0) is 0 Å². The van der Waals surface area contributed by atoms with E-state index in [-0.39, 0.29) is 11.3 Å². The summed E-state index contributed by atoms with van der Waals surface area (Å²) in [5.74, 6) is -1.15. The number of halogens is 2. The molecule has 0 bridgehead atoms. The van der Waals surface area contributed by atoms with Gasteiger partial charge in [0.15, 0.2) is 0 Å². The van der Waals surface area contributed by atoms with Gasteiger partial charge in [-0.2, -0.15) is 0 Å². The first-order valence-electron chi connectivity index (χ1n) is 4.56. The molecule has 1 aromatic rings. The van der Waals surface area contributed by atoms with Crippen LogP contribution in [0.1, 0.15) is 31.4 Å². The molecule has 0 aliphatic heterocycles. The average molecular weight is 200 g/mol. The van der Waals surface area contributed by atoms with Gasteiger partial charge in [0.25, 0.3) is 0 Å². The molecule has 4 heteroatoms. The molecule has 0 saturated carbocycles. The zero-order valence-electron chi connectivity index (χ0n) is 8.06. The Bertz CT molecular complexity index is 326. The van der Waals surface area contributed by atoms with Crippen molar-refractivity contribution < 1.29 is 8.78 Å². The van der Waals surface area contributed by atoms with Gasteiger partial charge < -0.3 is 11.5 Å². The number of rotatable bonds is 3. The second kappa shape index (κ2) is 4.37. The van der Waals surface area contributed by atoms with E-state index in [1.165, 1.54) is 0 Å². The van der Waals surface area contributed by atoms with Gasteiger partial charge in [0, 0.05) is 17.7 Å². The topological polar surface area (TPSA) is 52.0 Å². The second-order valence-corrected chi connectivity index (χ2v) is 3.29. The summed E-state index contributed by atoms with van der Waals surface area (Å²) in [5.41, 5.74) is 10.9. The lowest BCUT2D eigenvalue weighted by Gasteiger charge is -2.12. The number of nitrogen functional groups attached to an aromatic ring is 1. The van der Waals surface area contributed by atoms with Crippen molar-refractivity contribution in [2.24, 2.45) is 5.73 Å². The third kappa shape index (κ3) is 2.20. The van der Waals surface area contributed by atoms with E-state index in [1.807, 2.05) is 6.92 Å². The van der Waals surface area contributed by atoms with Crippen molar-refractivity contribution in [2.75, 3.05) is 5.73 Å². The van der Waals surface area contributed by atoms with E-state index in [2.05, 4.69) is 0 Å². The highest BCUT2D eigenvalue weighted by Crippen LogP contribution is 2.23. The second-order valence-electron chi connectivity index (χ2n) is 3.29. The summed E-state index contributed by atoms with van der Waals surface area (Å²) in [6, 6.07) is 1.58. The van der Waals surface area contributed by atoms with Gasteiger partial charge in [-0.15, -0.1) is 0 Å². The molecule has 0 aliphatic rings. The smallest absolute Gasteiger partial charge is 0.146 e. The third-order valence-electron chi connectivity index (χ3n) is 2.12. The van der Waals surface area contributed by atoms with E-state index in [9.17, 15) is 8.78 Å². The van der Waals surface area contributed by atoms with Crippen LogP contribution in [-0.4, -0.2) is 0 Å². The summed E-state index contributed by atoms with van der Waals surface area (Å²) in [7, 11) is 0. The Hall–Kier alpha value is -1.16. The molecule has 14 heavy (non-hydrogen) atoms. The van der Waals surface area contributed by atoms with Gasteiger partial charge in [0.1, 0.15) is 11.6 Å². The number of anilines is 1. The summed E-state index contributed by atoms with van der Waals surface area (Å²) in [5, 5.41) is 0. The van der Waals surface area contributed by atoms with Crippen LogP contribution in [0.25, 0.3) is 0 Å². The number of hydrogen-bond donors (Lipinski definition) is 2. The minimum atomic E-state index is -0.618. The molecule has 2 nitrogen and oxygen atoms in total. The summed E-state index contributed by atoms with van der Waals surface area (Å²) < 4.78 is 26.3. The third-order valence-corrected chi connectivity index (χ3v) is 2.12. The first-order valence-corrected chi connectivity index (χ1v) is 4.56. The highest BCUT2D eigenvalue weighted by molar-refractivity contribution is 5.43. The molecule has 0 aliphatic carbocycles. The maximum absolute atomic E-state index is 13.3. The summed E-state index contributed by atoms with van der Waals surface area (Å²) in [6.07, 6.45) is 1.45. The Labute approximate surface area is 81.9 Å². The van der Waals surface area contributed by atoms with Gasteiger partial charge in [0.05, 0.1) is 5.69 Å². The first-order chi connectivity index (χ1) is 6.56. The molecular formula is C10H14F2N2. The number of hydrogen-bond acceptors (Lipinski definition) is 2. The van der Waals surface area contributed by atoms with Crippen LogP contribution >= 0.6 is 0 Å². The standard InChI is InChI=1S/C10H14F2N2/c1-2-3-9(13)6-4-8(12)10(14)5-7(6)11/h4-5,9H,2-3,13-14H2,1H3. The molecule has 1 rings (SSSR count). The van der Waals surface area contributed by atoms with E-state index in [0.29, 0.717) is 6.42 Å². The Morgan fingerprint density at radius 3 is 2.50 bits per heavy atom. The minimum absolute atomic E-state index is 0.185. The molecule has 0 saturated heterocycles. The van der Waals surface area contributed by atoms with E-state index in [1.54, 1.807) is 0 Å². The summed E-state index contributed by atoms with van der Waals surface area (Å²) >= 11 is 0. The average Bonchev–Trinajstić information content (AvgIpc) is 2.11. The largest absolute Gasteiger partial charge is 0.396 e. The molecule has 1 unspecified atom stereocenters. The molecule has 0 spiro atoms. The first kappa shape index (κ1) is 10.9. The van der Waals surface area contributed by atoms with E-state index in [4.69, 9.17) is 11.5 Å². The van der Waals surface area contributed by atoms with Crippen LogP contribution < -0.4 is 11.5 Å². The van der Waals surface area contributed by atoms with Gasteiger partial charge >= 0.3 is 0 Å². The molecule has 0 aromatic heterocycles. The van der Waals surface area contributed by atoms with Crippen molar-refractivity contribution in [2.45, 2.75) is 25.8 Å². The Morgan fingerprint density at radius 2 is 1.93 bits per heavy atom.